The minimum Gasteiger partial charge on any atom is -0.306 e. The maximum atomic E-state index is 3.62. The molecule has 0 atom stereocenters. The van der Waals surface area contributed by atoms with E-state index in [0.717, 1.165) is 0 Å². The molecule has 0 aromatic rings. The van der Waals surface area contributed by atoms with E-state index in [1.165, 1.54) is 25.7 Å². The molecule has 0 unspecified atom stereocenters. The van der Waals surface area contributed by atoms with Crippen LogP contribution in [0, 0.1) is 0 Å². The molecule has 1 heteroatoms. The third-order valence-electron chi connectivity index (χ3n) is 2.74. The molecule has 0 bridgehead atoms. The van der Waals surface area contributed by atoms with E-state index in [1.807, 2.05) is 0 Å². The van der Waals surface area contributed by atoms with Crippen molar-refractivity contribution in [2.75, 3.05) is 0 Å². The van der Waals surface area contributed by atoms with Gasteiger partial charge >= 0.3 is 0 Å². The highest BCUT2D eigenvalue weighted by atomic mass is 15.0. The highest BCUT2D eigenvalue weighted by Gasteiger charge is 2.23. The smallest absolute Gasteiger partial charge is 0.0338 e. The second-order valence-corrected chi connectivity index (χ2v) is 4.90. The normalized spacial score (nSPS) is 19.0. The monoisotopic (exact) mass is 181 g/mol. The van der Waals surface area contributed by atoms with Crippen LogP contribution in [0.5, 0.6) is 0 Å². The van der Waals surface area contributed by atoms with E-state index in [4.69, 9.17) is 0 Å². The lowest BCUT2D eigenvalue weighted by Gasteiger charge is -2.33. The summed E-state index contributed by atoms with van der Waals surface area (Å²) >= 11 is 0. The zero-order valence-corrected chi connectivity index (χ0v) is 9.48. The number of allylic oxidation sites excluding steroid dienone is 1. The van der Waals surface area contributed by atoms with Crippen LogP contribution in [0.4, 0.5) is 0 Å². The van der Waals surface area contributed by atoms with Crippen LogP contribution < -0.4 is 5.32 Å². The SMILES string of the molecule is CC(C)NC(C)(C)C1=CCCCC1. The number of nitrogens with one attached hydrogen (secondary N) is 1. The summed E-state index contributed by atoms with van der Waals surface area (Å²) in [6.45, 7) is 9.02. The van der Waals surface area contributed by atoms with Crippen LogP contribution in [-0.2, 0) is 0 Å². The molecule has 0 radical (unpaired) electrons. The molecule has 76 valence electrons. The van der Waals surface area contributed by atoms with E-state index in [0.29, 0.717) is 6.04 Å². The van der Waals surface area contributed by atoms with E-state index in [1.54, 1.807) is 5.57 Å². The Morgan fingerprint density at radius 3 is 2.46 bits per heavy atom. The number of hydrogen-bond acceptors (Lipinski definition) is 1. The van der Waals surface area contributed by atoms with Crippen LogP contribution in [0.25, 0.3) is 0 Å². The van der Waals surface area contributed by atoms with Crippen molar-refractivity contribution in [3.05, 3.63) is 11.6 Å². The second kappa shape index (κ2) is 4.28. The Morgan fingerprint density at radius 1 is 1.31 bits per heavy atom. The maximum Gasteiger partial charge on any atom is 0.0338 e. The predicted molar refractivity (Wildman–Crippen MR) is 58.9 cm³/mol. The molecule has 1 aliphatic carbocycles. The molecule has 0 aromatic heterocycles. The van der Waals surface area contributed by atoms with Crippen molar-refractivity contribution < 1.29 is 0 Å². The fourth-order valence-electron chi connectivity index (χ4n) is 2.22. The van der Waals surface area contributed by atoms with E-state index < -0.39 is 0 Å². The minimum atomic E-state index is 0.203. The summed E-state index contributed by atoms with van der Waals surface area (Å²) in [7, 11) is 0. The van der Waals surface area contributed by atoms with Crippen LogP contribution in [-0.4, -0.2) is 11.6 Å². The van der Waals surface area contributed by atoms with E-state index >= 15 is 0 Å². The predicted octanol–water partition coefficient (Wildman–Crippen LogP) is 3.26. The van der Waals surface area contributed by atoms with Crippen LogP contribution in [0.3, 0.4) is 0 Å². The maximum absolute atomic E-state index is 3.62. The standard InChI is InChI=1S/C12H23N/c1-10(2)13-12(3,4)11-8-6-5-7-9-11/h8,10,13H,5-7,9H2,1-4H3. The summed E-state index contributed by atoms with van der Waals surface area (Å²) < 4.78 is 0. The molecule has 13 heavy (non-hydrogen) atoms. The Labute approximate surface area is 82.6 Å². The van der Waals surface area contributed by atoms with Crippen molar-refractivity contribution in [3.8, 4) is 0 Å². The van der Waals surface area contributed by atoms with Gasteiger partial charge in [0.05, 0.1) is 0 Å². The van der Waals surface area contributed by atoms with E-state index in [2.05, 4.69) is 39.1 Å². The van der Waals surface area contributed by atoms with Gasteiger partial charge in [0.2, 0.25) is 0 Å². The van der Waals surface area contributed by atoms with Gasteiger partial charge in [-0.05, 0) is 39.5 Å². The second-order valence-electron chi connectivity index (χ2n) is 4.90. The first-order chi connectivity index (χ1) is 6.02. The van der Waals surface area contributed by atoms with E-state index in [9.17, 15) is 0 Å². The van der Waals surface area contributed by atoms with Gasteiger partial charge in [-0.15, -0.1) is 0 Å². The molecule has 0 saturated carbocycles. The van der Waals surface area contributed by atoms with E-state index in [-0.39, 0.29) is 5.54 Å². The quantitative estimate of drug-likeness (QED) is 0.659. The lowest BCUT2D eigenvalue weighted by atomic mass is 9.85. The van der Waals surface area contributed by atoms with Crippen molar-refractivity contribution in [2.24, 2.45) is 0 Å². The fraction of sp³-hybridized carbons (Fsp3) is 0.833. The number of hydrogen-bond donors (Lipinski definition) is 1. The summed E-state index contributed by atoms with van der Waals surface area (Å²) in [5, 5.41) is 3.62. The first-order valence-corrected chi connectivity index (χ1v) is 5.49. The van der Waals surface area contributed by atoms with Gasteiger partial charge in [0.25, 0.3) is 0 Å². The first-order valence-electron chi connectivity index (χ1n) is 5.49. The molecule has 0 saturated heterocycles. The molecular weight excluding hydrogens is 158 g/mol. The van der Waals surface area contributed by atoms with Gasteiger partial charge in [-0.1, -0.05) is 25.5 Å². The van der Waals surface area contributed by atoms with Gasteiger partial charge < -0.3 is 5.32 Å². The molecule has 0 aliphatic heterocycles. The molecule has 0 spiro atoms. The summed E-state index contributed by atoms with van der Waals surface area (Å²) in [5.41, 5.74) is 1.81. The topological polar surface area (TPSA) is 12.0 Å². The molecule has 1 N–H and O–H groups in total. The summed E-state index contributed by atoms with van der Waals surface area (Å²) in [6.07, 6.45) is 7.74. The molecule has 1 nitrogen and oxygen atoms in total. The van der Waals surface area contributed by atoms with Gasteiger partial charge in [0, 0.05) is 11.6 Å². The van der Waals surface area contributed by atoms with Crippen LogP contribution in [0.15, 0.2) is 11.6 Å². The molecule has 0 heterocycles. The van der Waals surface area contributed by atoms with Crippen molar-refractivity contribution in [3.63, 3.8) is 0 Å². The van der Waals surface area contributed by atoms with Gasteiger partial charge in [-0.25, -0.2) is 0 Å². The van der Waals surface area contributed by atoms with Gasteiger partial charge in [0.15, 0.2) is 0 Å². The fourth-order valence-corrected chi connectivity index (χ4v) is 2.22. The molecule has 1 rings (SSSR count). The Hall–Kier alpha value is -0.300. The highest BCUT2D eigenvalue weighted by molar-refractivity contribution is 5.19. The molecule has 0 amide bonds. The number of rotatable bonds is 3. The van der Waals surface area contributed by atoms with Gasteiger partial charge in [-0.2, -0.15) is 0 Å². The molecule has 0 fully saturated rings. The van der Waals surface area contributed by atoms with Gasteiger partial charge in [-0.3, -0.25) is 0 Å². The Kier molecular flexibility index (Phi) is 3.55. The Bertz CT molecular complexity index is 189. The zero-order chi connectivity index (χ0) is 9.90. The third kappa shape index (κ3) is 3.15. The Balaban J connectivity index is 2.61. The summed E-state index contributed by atoms with van der Waals surface area (Å²) in [6, 6.07) is 0.567. The zero-order valence-electron chi connectivity index (χ0n) is 9.48. The average Bonchev–Trinajstić information content (AvgIpc) is 2.04. The van der Waals surface area contributed by atoms with Crippen LogP contribution >= 0.6 is 0 Å². The summed E-state index contributed by atoms with van der Waals surface area (Å²) in [5.74, 6) is 0. The van der Waals surface area contributed by atoms with Crippen molar-refractivity contribution in [1.29, 1.82) is 0 Å². The molecule has 1 aliphatic rings. The van der Waals surface area contributed by atoms with Crippen molar-refractivity contribution in [2.45, 2.75) is 65.0 Å². The van der Waals surface area contributed by atoms with Crippen molar-refractivity contribution in [1.82, 2.24) is 5.32 Å². The minimum absolute atomic E-state index is 0.203. The lowest BCUT2D eigenvalue weighted by Crippen LogP contribution is -2.45. The highest BCUT2D eigenvalue weighted by Crippen LogP contribution is 2.27. The first kappa shape index (κ1) is 10.8. The third-order valence-corrected chi connectivity index (χ3v) is 2.74. The lowest BCUT2D eigenvalue weighted by molar-refractivity contribution is 0.388. The van der Waals surface area contributed by atoms with Gasteiger partial charge in [0.1, 0.15) is 0 Å². The largest absolute Gasteiger partial charge is 0.306 e. The summed E-state index contributed by atoms with van der Waals surface area (Å²) in [4.78, 5) is 0. The van der Waals surface area contributed by atoms with Crippen LogP contribution in [0.1, 0.15) is 53.4 Å². The molecular formula is C12H23N. The molecule has 0 aromatic carbocycles. The average molecular weight is 181 g/mol. The van der Waals surface area contributed by atoms with Crippen molar-refractivity contribution >= 4 is 0 Å². The Morgan fingerprint density at radius 2 is 2.00 bits per heavy atom. The van der Waals surface area contributed by atoms with Crippen LogP contribution in [0.2, 0.25) is 0 Å².